The van der Waals surface area contributed by atoms with E-state index in [0.717, 1.165) is 21.9 Å². The van der Waals surface area contributed by atoms with E-state index < -0.39 is 23.2 Å². The van der Waals surface area contributed by atoms with Crippen LogP contribution in [0.25, 0.3) is 21.9 Å². The van der Waals surface area contributed by atoms with Crippen LogP contribution in [0, 0.1) is 13.8 Å². The van der Waals surface area contributed by atoms with Crippen molar-refractivity contribution in [2.75, 3.05) is 0 Å². The van der Waals surface area contributed by atoms with Crippen LogP contribution in [-0.2, 0) is 9.59 Å². The van der Waals surface area contributed by atoms with Crippen molar-refractivity contribution in [1.29, 1.82) is 0 Å². The Bertz CT molecular complexity index is 1360. The van der Waals surface area contributed by atoms with Gasteiger partial charge in [0.05, 0.1) is 12.8 Å². The fraction of sp³-hybridized carbons (Fsp3) is 0.167. The molecule has 4 rings (SSSR count). The average molecular weight is 434 g/mol. The third-order valence-corrected chi connectivity index (χ3v) is 4.84. The van der Waals surface area contributed by atoms with Gasteiger partial charge >= 0.3 is 23.2 Å². The normalized spacial score (nSPS) is 10.9. The molecule has 0 aliphatic heterocycles. The summed E-state index contributed by atoms with van der Waals surface area (Å²) in [5.41, 5.74) is 1.12. The third kappa shape index (κ3) is 4.59. The van der Waals surface area contributed by atoms with Crippen LogP contribution in [0.3, 0.4) is 0 Å². The van der Waals surface area contributed by atoms with E-state index in [1.165, 1.54) is 24.3 Å². The number of rotatable bonds is 5. The summed E-state index contributed by atoms with van der Waals surface area (Å²) >= 11 is 0. The first-order valence-electron chi connectivity index (χ1n) is 9.79. The Morgan fingerprint density at radius 3 is 1.50 bits per heavy atom. The number of hydrogen-bond donors (Lipinski definition) is 0. The highest BCUT2D eigenvalue weighted by molar-refractivity contribution is 5.85. The minimum absolute atomic E-state index is 0.199. The summed E-state index contributed by atoms with van der Waals surface area (Å²) in [7, 11) is 0. The zero-order valence-corrected chi connectivity index (χ0v) is 17.3. The van der Waals surface area contributed by atoms with Gasteiger partial charge in [0.15, 0.2) is 0 Å². The molecule has 8 nitrogen and oxygen atoms in total. The highest BCUT2D eigenvalue weighted by Gasteiger charge is 2.13. The van der Waals surface area contributed by atoms with Crippen LogP contribution in [-0.4, -0.2) is 11.9 Å². The molecular weight excluding hydrogens is 416 g/mol. The molecule has 0 amide bonds. The van der Waals surface area contributed by atoms with Gasteiger partial charge in [0.1, 0.15) is 22.7 Å². The lowest BCUT2D eigenvalue weighted by atomic mass is 10.1. The molecule has 0 aliphatic rings. The fourth-order valence-corrected chi connectivity index (χ4v) is 3.31. The maximum Gasteiger partial charge on any atom is 0.336 e. The molecule has 0 unspecified atom stereocenters. The molecule has 2 heterocycles. The number of hydrogen-bond acceptors (Lipinski definition) is 8. The monoisotopic (exact) mass is 434 g/mol. The van der Waals surface area contributed by atoms with Gasteiger partial charge in [0, 0.05) is 35.0 Å². The number of fused-ring (bicyclic) bond motifs is 2. The quantitative estimate of drug-likeness (QED) is 0.265. The Morgan fingerprint density at radius 1 is 0.688 bits per heavy atom. The van der Waals surface area contributed by atoms with Gasteiger partial charge in [0.25, 0.3) is 0 Å². The summed E-state index contributed by atoms with van der Waals surface area (Å²) in [6.45, 7) is 3.56. The number of esters is 2. The van der Waals surface area contributed by atoms with Crippen LogP contribution < -0.4 is 20.7 Å². The van der Waals surface area contributed by atoms with Crippen LogP contribution in [0.5, 0.6) is 11.5 Å². The average Bonchev–Trinajstić information content (AvgIpc) is 2.71. The molecule has 4 aromatic rings. The van der Waals surface area contributed by atoms with E-state index in [9.17, 15) is 19.2 Å². The number of aryl methyl sites for hydroxylation is 2. The SMILES string of the molecule is Cc1cc(=O)oc2cc(OC(=O)CCC(=O)Oc3ccc4c(C)cc(=O)oc4c3)ccc12. The fourth-order valence-electron chi connectivity index (χ4n) is 3.31. The van der Waals surface area contributed by atoms with Crippen LogP contribution in [0.2, 0.25) is 0 Å². The topological polar surface area (TPSA) is 113 Å². The molecule has 162 valence electrons. The van der Waals surface area contributed by atoms with Crippen LogP contribution >= 0.6 is 0 Å². The Labute approximate surface area is 181 Å². The lowest BCUT2D eigenvalue weighted by Gasteiger charge is -2.07. The minimum atomic E-state index is -0.642. The molecule has 8 heteroatoms. The van der Waals surface area contributed by atoms with E-state index >= 15 is 0 Å². The van der Waals surface area contributed by atoms with Gasteiger partial charge in [-0.15, -0.1) is 0 Å². The third-order valence-electron chi connectivity index (χ3n) is 4.84. The Balaban J connectivity index is 1.37. The molecule has 0 fully saturated rings. The highest BCUT2D eigenvalue weighted by Crippen LogP contribution is 2.24. The van der Waals surface area contributed by atoms with Crippen molar-refractivity contribution < 1.29 is 27.9 Å². The van der Waals surface area contributed by atoms with Gasteiger partial charge in [0.2, 0.25) is 0 Å². The van der Waals surface area contributed by atoms with E-state index in [1.54, 1.807) is 38.1 Å². The summed E-state index contributed by atoms with van der Waals surface area (Å²) in [6, 6.07) is 12.2. The van der Waals surface area contributed by atoms with Gasteiger partial charge in [-0.2, -0.15) is 0 Å². The summed E-state index contributed by atoms with van der Waals surface area (Å²) in [6.07, 6.45) is -0.424. The van der Waals surface area contributed by atoms with Crippen molar-refractivity contribution in [3.63, 3.8) is 0 Å². The first-order chi connectivity index (χ1) is 15.3. The van der Waals surface area contributed by atoms with Crippen molar-refractivity contribution in [1.82, 2.24) is 0 Å². The van der Waals surface area contributed by atoms with Crippen molar-refractivity contribution in [2.45, 2.75) is 26.7 Å². The molecule has 0 saturated carbocycles. The Morgan fingerprint density at radius 2 is 1.09 bits per heavy atom. The number of carbonyl (C=O) groups is 2. The highest BCUT2D eigenvalue weighted by atomic mass is 16.5. The van der Waals surface area contributed by atoms with Crippen molar-refractivity contribution >= 4 is 33.9 Å². The summed E-state index contributed by atoms with van der Waals surface area (Å²) in [5.74, 6) is -0.887. The standard InChI is InChI=1S/C24H18O8/c1-13-9-23(27)31-19-11-15(3-5-17(13)19)29-21(25)7-8-22(26)30-16-4-6-18-14(2)10-24(28)32-20(18)12-16/h3-6,9-12H,7-8H2,1-2H3. The van der Waals surface area contributed by atoms with E-state index in [2.05, 4.69) is 0 Å². The zero-order valence-electron chi connectivity index (χ0n) is 17.3. The van der Waals surface area contributed by atoms with E-state index in [1.807, 2.05) is 0 Å². The van der Waals surface area contributed by atoms with Gasteiger partial charge < -0.3 is 18.3 Å². The summed E-state index contributed by atoms with van der Waals surface area (Å²) in [5, 5.41) is 1.46. The largest absolute Gasteiger partial charge is 0.426 e. The van der Waals surface area contributed by atoms with E-state index in [-0.39, 0.29) is 24.3 Å². The van der Waals surface area contributed by atoms with E-state index in [4.69, 9.17) is 18.3 Å². The molecule has 0 aliphatic carbocycles. The molecule has 0 spiro atoms. The number of benzene rings is 2. The van der Waals surface area contributed by atoms with Crippen LogP contribution in [0.15, 0.2) is 67.0 Å². The van der Waals surface area contributed by atoms with Gasteiger partial charge in [-0.1, -0.05) is 0 Å². The van der Waals surface area contributed by atoms with Gasteiger partial charge in [-0.3, -0.25) is 9.59 Å². The predicted molar refractivity (Wildman–Crippen MR) is 115 cm³/mol. The predicted octanol–water partition coefficient (Wildman–Crippen LogP) is 3.81. The minimum Gasteiger partial charge on any atom is -0.426 e. The Hall–Kier alpha value is -4.20. The number of carbonyl (C=O) groups excluding carboxylic acids is 2. The second kappa shape index (κ2) is 8.50. The first kappa shape index (κ1) is 21.0. The van der Waals surface area contributed by atoms with Gasteiger partial charge in [-0.05, 0) is 49.2 Å². The first-order valence-corrected chi connectivity index (χ1v) is 9.79. The summed E-state index contributed by atoms with van der Waals surface area (Å²) < 4.78 is 20.7. The second-order valence-corrected chi connectivity index (χ2v) is 7.26. The van der Waals surface area contributed by atoms with Crippen molar-refractivity contribution in [3.05, 3.63) is 80.5 Å². The molecule has 0 bridgehead atoms. The molecule has 32 heavy (non-hydrogen) atoms. The van der Waals surface area contributed by atoms with E-state index in [0.29, 0.717) is 11.2 Å². The molecule has 0 atom stereocenters. The zero-order chi connectivity index (χ0) is 22.8. The molecular formula is C24H18O8. The summed E-state index contributed by atoms with van der Waals surface area (Å²) in [4.78, 5) is 47.3. The molecule has 0 N–H and O–H groups in total. The second-order valence-electron chi connectivity index (χ2n) is 7.26. The smallest absolute Gasteiger partial charge is 0.336 e. The lowest BCUT2D eigenvalue weighted by molar-refractivity contribution is -0.140. The number of ether oxygens (including phenoxy) is 2. The Kier molecular flexibility index (Phi) is 5.59. The van der Waals surface area contributed by atoms with Crippen LogP contribution in [0.1, 0.15) is 24.0 Å². The van der Waals surface area contributed by atoms with Gasteiger partial charge in [-0.25, -0.2) is 9.59 Å². The maximum absolute atomic E-state index is 12.1. The van der Waals surface area contributed by atoms with Crippen LogP contribution in [0.4, 0.5) is 0 Å². The lowest BCUT2D eigenvalue weighted by Crippen LogP contribution is -2.14. The molecule has 0 saturated heterocycles. The molecule has 2 aromatic carbocycles. The maximum atomic E-state index is 12.1. The van der Waals surface area contributed by atoms with Crippen molar-refractivity contribution in [2.24, 2.45) is 0 Å². The molecule has 2 aromatic heterocycles. The van der Waals surface area contributed by atoms with Crippen molar-refractivity contribution in [3.8, 4) is 11.5 Å². The molecule has 0 radical (unpaired) electrons.